The van der Waals surface area contributed by atoms with Crippen molar-refractivity contribution in [2.24, 2.45) is 0 Å². The Balaban J connectivity index is 1.99. The highest BCUT2D eigenvalue weighted by atomic mass is 32.1. The van der Waals surface area contributed by atoms with E-state index in [0.29, 0.717) is 23.6 Å². The van der Waals surface area contributed by atoms with E-state index in [1.54, 1.807) is 18.2 Å². The number of carbonyl (C=O) groups is 1. The molecule has 128 valence electrons. The molecule has 2 aromatic rings. The van der Waals surface area contributed by atoms with Gasteiger partial charge in [-0.15, -0.1) is 5.10 Å². The molecule has 0 aliphatic heterocycles. The number of carbonyl (C=O) groups excluding carboxylic acids is 1. The smallest absolute Gasteiger partial charge is 0.269 e. The predicted molar refractivity (Wildman–Crippen MR) is 91.3 cm³/mol. The van der Waals surface area contributed by atoms with Gasteiger partial charge in [0, 0.05) is 5.56 Å². The van der Waals surface area contributed by atoms with Crippen LogP contribution >= 0.6 is 12.2 Å². The largest absolute Gasteiger partial charge is 0.493 e. The number of amides is 1. The van der Waals surface area contributed by atoms with Gasteiger partial charge in [-0.05, 0) is 42.1 Å². The van der Waals surface area contributed by atoms with Gasteiger partial charge in [-0.2, -0.15) is 4.80 Å². The molecule has 0 unspecified atom stereocenters. The van der Waals surface area contributed by atoms with Crippen LogP contribution in [0.4, 0.5) is 5.95 Å². The van der Waals surface area contributed by atoms with Gasteiger partial charge in [0.1, 0.15) is 0 Å². The minimum absolute atomic E-state index is 0.0748. The quantitative estimate of drug-likeness (QED) is 0.750. The van der Waals surface area contributed by atoms with Crippen molar-refractivity contribution in [1.82, 2.24) is 25.5 Å². The zero-order valence-corrected chi connectivity index (χ0v) is 14.4. The van der Waals surface area contributed by atoms with Gasteiger partial charge in [0.15, 0.2) is 16.6 Å². The van der Waals surface area contributed by atoms with Crippen LogP contribution < -0.4 is 20.1 Å². The van der Waals surface area contributed by atoms with Gasteiger partial charge < -0.3 is 9.47 Å². The van der Waals surface area contributed by atoms with E-state index in [1.165, 1.54) is 19.0 Å². The van der Waals surface area contributed by atoms with Crippen LogP contribution in [0, 0.1) is 0 Å². The van der Waals surface area contributed by atoms with Crippen molar-refractivity contribution in [3.8, 4) is 11.5 Å². The van der Waals surface area contributed by atoms with Crippen LogP contribution in [0.3, 0.4) is 0 Å². The van der Waals surface area contributed by atoms with E-state index in [2.05, 4.69) is 26.0 Å². The molecule has 1 aromatic carbocycles. The van der Waals surface area contributed by atoms with Gasteiger partial charge in [-0.25, -0.2) is 0 Å². The standard InChI is InChI=1S/C14H18N6O3S/c1-4-7-20-18-13(17-19-20)16-14(24)15-12(21)9-5-6-10(22-2)11(8-9)23-3/h5-6,8H,4,7H2,1-3H3,(H2,15,16,18,21,24). The Hall–Kier alpha value is -2.75. The fourth-order valence-corrected chi connectivity index (χ4v) is 2.06. The molecule has 0 aliphatic carbocycles. The topological polar surface area (TPSA) is 103 Å². The maximum absolute atomic E-state index is 12.2. The molecule has 1 heterocycles. The lowest BCUT2D eigenvalue weighted by atomic mass is 10.2. The Morgan fingerprint density at radius 1 is 1.29 bits per heavy atom. The van der Waals surface area contributed by atoms with Crippen molar-refractivity contribution in [3.05, 3.63) is 23.8 Å². The normalized spacial score (nSPS) is 10.1. The summed E-state index contributed by atoms with van der Waals surface area (Å²) in [5.41, 5.74) is 0.374. The van der Waals surface area contributed by atoms with Crippen LogP contribution in [0.25, 0.3) is 0 Å². The van der Waals surface area contributed by atoms with Crippen LogP contribution in [-0.2, 0) is 6.54 Å². The van der Waals surface area contributed by atoms with Crippen LogP contribution in [0.2, 0.25) is 0 Å². The second-order valence-corrected chi connectivity index (χ2v) is 5.10. The van der Waals surface area contributed by atoms with E-state index in [9.17, 15) is 4.79 Å². The molecule has 0 saturated carbocycles. The average Bonchev–Trinajstić information content (AvgIpc) is 3.01. The summed E-state index contributed by atoms with van der Waals surface area (Å²) >= 11 is 5.08. The summed E-state index contributed by atoms with van der Waals surface area (Å²) in [7, 11) is 3.02. The van der Waals surface area contributed by atoms with E-state index in [0.717, 1.165) is 6.42 Å². The van der Waals surface area contributed by atoms with Crippen molar-refractivity contribution in [1.29, 1.82) is 0 Å². The number of nitrogens with one attached hydrogen (secondary N) is 2. The lowest BCUT2D eigenvalue weighted by Gasteiger charge is -2.10. The van der Waals surface area contributed by atoms with E-state index in [4.69, 9.17) is 21.7 Å². The summed E-state index contributed by atoms with van der Waals surface area (Å²) in [6.45, 7) is 2.66. The highest BCUT2D eigenvalue weighted by Crippen LogP contribution is 2.27. The predicted octanol–water partition coefficient (Wildman–Crippen LogP) is 1.23. The zero-order valence-electron chi connectivity index (χ0n) is 13.6. The maximum atomic E-state index is 12.2. The lowest BCUT2D eigenvalue weighted by Crippen LogP contribution is -2.34. The number of benzene rings is 1. The van der Waals surface area contributed by atoms with Crippen LogP contribution in [-0.4, -0.2) is 45.4 Å². The summed E-state index contributed by atoms with van der Waals surface area (Å²) in [6, 6.07) is 4.81. The highest BCUT2D eigenvalue weighted by Gasteiger charge is 2.13. The van der Waals surface area contributed by atoms with Crippen molar-refractivity contribution >= 4 is 29.2 Å². The molecule has 0 saturated heterocycles. The Morgan fingerprint density at radius 3 is 2.71 bits per heavy atom. The van der Waals surface area contributed by atoms with Gasteiger partial charge in [0.25, 0.3) is 11.9 Å². The van der Waals surface area contributed by atoms with Crippen molar-refractivity contribution in [2.45, 2.75) is 19.9 Å². The molecule has 1 amide bonds. The molecule has 9 nitrogen and oxygen atoms in total. The van der Waals surface area contributed by atoms with Gasteiger partial charge in [0.2, 0.25) is 0 Å². The molecule has 24 heavy (non-hydrogen) atoms. The van der Waals surface area contributed by atoms with Gasteiger partial charge >= 0.3 is 0 Å². The number of rotatable bonds is 6. The van der Waals surface area contributed by atoms with E-state index >= 15 is 0 Å². The third-order valence-electron chi connectivity index (χ3n) is 2.97. The molecule has 1 aromatic heterocycles. The minimum atomic E-state index is -0.394. The first-order chi connectivity index (χ1) is 11.6. The van der Waals surface area contributed by atoms with Crippen molar-refractivity contribution in [3.63, 3.8) is 0 Å². The third kappa shape index (κ3) is 4.38. The Bertz CT molecular complexity index is 733. The summed E-state index contributed by atoms with van der Waals surface area (Å²) in [6.07, 6.45) is 0.885. The second-order valence-electron chi connectivity index (χ2n) is 4.69. The SMILES string of the molecule is CCCn1nnc(NC(=S)NC(=O)c2ccc(OC)c(OC)c2)n1. The molecule has 0 aliphatic rings. The molecule has 0 fully saturated rings. The first kappa shape index (κ1) is 17.6. The van der Waals surface area contributed by atoms with E-state index in [1.807, 2.05) is 6.92 Å². The maximum Gasteiger partial charge on any atom is 0.269 e. The molecular formula is C14H18N6O3S. The monoisotopic (exact) mass is 350 g/mol. The number of thiocarbonyl (C=S) groups is 1. The fraction of sp³-hybridized carbons (Fsp3) is 0.357. The summed E-state index contributed by atoms with van der Waals surface area (Å²) in [4.78, 5) is 13.7. The molecule has 10 heteroatoms. The van der Waals surface area contributed by atoms with Crippen molar-refractivity contribution < 1.29 is 14.3 Å². The molecule has 0 radical (unpaired) electrons. The molecule has 2 N–H and O–H groups in total. The second kappa shape index (κ2) is 8.20. The number of methoxy groups -OCH3 is 2. The number of aromatic nitrogens is 4. The number of hydrogen-bond acceptors (Lipinski definition) is 7. The fourth-order valence-electron chi connectivity index (χ4n) is 1.87. The number of aryl methyl sites for hydroxylation is 1. The first-order valence-corrected chi connectivity index (χ1v) is 7.60. The van der Waals surface area contributed by atoms with Crippen LogP contribution in [0.15, 0.2) is 18.2 Å². The van der Waals surface area contributed by atoms with E-state index in [-0.39, 0.29) is 11.1 Å². The minimum Gasteiger partial charge on any atom is -0.493 e. The summed E-state index contributed by atoms with van der Waals surface area (Å²) in [5, 5.41) is 17.1. The lowest BCUT2D eigenvalue weighted by molar-refractivity contribution is 0.0977. The molecular weight excluding hydrogens is 332 g/mol. The number of ether oxygens (including phenoxy) is 2. The number of hydrogen-bond donors (Lipinski definition) is 2. The van der Waals surface area contributed by atoms with Crippen LogP contribution in [0.5, 0.6) is 11.5 Å². The van der Waals surface area contributed by atoms with Gasteiger partial charge in [0.05, 0.1) is 20.8 Å². The summed E-state index contributed by atoms with van der Waals surface area (Å²) in [5.74, 6) is 0.815. The third-order valence-corrected chi connectivity index (χ3v) is 3.18. The highest BCUT2D eigenvalue weighted by molar-refractivity contribution is 7.80. The average molecular weight is 350 g/mol. The van der Waals surface area contributed by atoms with Gasteiger partial charge in [-0.1, -0.05) is 12.0 Å². The van der Waals surface area contributed by atoms with Crippen LogP contribution in [0.1, 0.15) is 23.7 Å². The molecule has 2 rings (SSSR count). The van der Waals surface area contributed by atoms with Gasteiger partial charge in [-0.3, -0.25) is 15.4 Å². The molecule has 0 spiro atoms. The van der Waals surface area contributed by atoms with Crippen molar-refractivity contribution in [2.75, 3.05) is 19.5 Å². The Morgan fingerprint density at radius 2 is 2.04 bits per heavy atom. The number of nitrogens with zero attached hydrogens (tertiary/aromatic N) is 4. The number of tetrazole rings is 1. The number of anilines is 1. The van der Waals surface area contributed by atoms with E-state index < -0.39 is 5.91 Å². The Labute approximate surface area is 144 Å². The molecule has 0 bridgehead atoms. The molecule has 0 atom stereocenters. The summed E-state index contributed by atoms with van der Waals surface area (Å²) < 4.78 is 10.3. The zero-order chi connectivity index (χ0) is 17.5. The Kier molecular flexibility index (Phi) is 6.01. The first-order valence-electron chi connectivity index (χ1n) is 7.19.